The lowest BCUT2D eigenvalue weighted by atomic mass is 9.80. The topological polar surface area (TPSA) is 3.24 Å². The van der Waals surface area contributed by atoms with Gasteiger partial charge >= 0.3 is 0 Å². The first-order chi connectivity index (χ1) is 22.2. The van der Waals surface area contributed by atoms with Crippen LogP contribution in [0.25, 0.3) is 21.9 Å². The van der Waals surface area contributed by atoms with Gasteiger partial charge in [-0.25, -0.2) is 0 Å². The SMILES string of the molecule is CC(C)(C)c1ccc(N(c2cc(C(C)(C)C)cc(C(C)(C)C)c2)c2ccccc2-c2cccc3cccc(C4CCCCC4)c23)cc1. The zero-order valence-electron chi connectivity index (χ0n) is 30.4. The lowest BCUT2D eigenvalue weighted by Gasteiger charge is -2.33. The highest BCUT2D eigenvalue weighted by atomic mass is 15.1. The maximum Gasteiger partial charge on any atom is 0.0540 e. The Kier molecular flexibility index (Phi) is 8.90. The summed E-state index contributed by atoms with van der Waals surface area (Å²) in [4.78, 5) is 2.52. The third kappa shape index (κ3) is 6.92. The third-order valence-corrected chi connectivity index (χ3v) is 10.3. The number of benzene rings is 5. The summed E-state index contributed by atoms with van der Waals surface area (Å²) in [6.07, 6.45) is 6.61. The molecule has 5 aromatic rings. The minimum atomic E-state index is 0.0157. The van der Waals surface area contributed by atoms with E-state index in [4.69, 9.17) is 0 Å². The first-order valence-corrected chi connectivity index (χ1v) is 17.9. The van der Waals surface area contributed by atoms with E-state index in [0.29, 0.717) is 5.92 Å². The summed E-state index contributed by atoms with van der Waals surface area (Å²) in [5.74, 6) is 0.625. The molecule has 1 aliphatic rings. The van der Waals surface area contributed by atoms with Gasteiger partial charge in [0, 0.05) is 16.9 Å². The fourth-order valence-electron chi connectivity index (χ4n) is 7.39. The van der Waals surface area contributed by atoms with E-state index in [0.717, 1.165) is 0 Å². The fourth-order valence-corrected chi connectivity index (χ4v) is 7.39. The van der Waals surface area contributed by atoms with Crippen molar-refractivity contribution in [3.05, 3.63) is 125 Å². The van der Waals surface area contributed by atoms with Crippen LogP contribution in [0.2, 0.25) is 0 Å². The molecule has 6 rings (SSSR count). The third-order valence-electron chi connectivity index (χ3n) is 10.3. The van der Waals surface area contributed by atoms with Crippen molar-refractivity contribution in [1.29, 1.82) is 0 Å². The van der Waals surface area contributed by atoms with Crippen LogP contribution in [0.15, 0.2) is 103 Å². The van der Waals surface area contributed by atoms with E-state index in [9.17, 15) is 0 Å². The molecule has 0 unspecified atom stereocenters. The van der Waals surface area contributed by atoms with Crippen molar-refractivity contribution in [3.63, 3.8) is 0 Å². The standard InChI is InChI=1S/C46H55N/c1-44(2,3)34-25-27-37(28-26-34)47(38-30-35(45(4,5)6)29-36(31-38)46(7,8)9)42-24-14-13-21-40(42)41-23-16-20-33-19-15-22-39(43(33)41)32-17-11-10-12-18-32/h13-16,19-32H,10-12,17-18H2,1-9H3. The first kappa shape index (κ1) is 33.1. The molecule has 5 aromatic carbocycles. The van der Waals surface area contributed by atoms with E-state index < -0.39 is 0 Å². The molecule has 1 heteroatoms. The van der Waals surface area contributed by atoms with Gasteiger partial charge in [-0.1, -0.05) is 154 Å². The molecule has 1 aliphatic carbocycles. The number of hydrogen-bond donors (Lipinski definition) is 0. The van der Waals surface area contributed by atoms with Gasteiger partial charge in [-0.3, -0.25) is 0 Å². The largest absolute Gasteiger partial charge is 0.310 e. The Morgan fingerprint density at radius 1 is 0.489 bits per heavy atom. The molecule has 244 valence electrons. The zero-order chi connectivity index (χ0) is 33.6. The van der Waals surface area contributed by atoms with Gasteiger partial charge in [0.05, 0.1) is 5.69 Å². The minimum Gasteiger partial charge on any atom is -0.310 e. The Labute approximate surface area is 285 Å². The van der Waals surface area contributed by atoms with E-state index in [1.807, 2.05) is 0 Å². The van der Waals surface area contributed by atoms with Crippen molar-refractivity contribution >= 4 is 27.8 Å². The maximum absolute atomic E-state index is 2.52. The molecule has 0 N–H and O–H groups in total. The molecule has 0 saturated heterocycles. The van der Waals surface area contributed by atoms with Gasteiger partial charge in [0.2, 0.25) is 0 Å². The highest BCUT2D eigenvalue weighted by Gasteiger charge is 2.26. The summed E-state index contributed by atoms with van der Waals surface area (Å²) in [5, 5.41) is 2.77. The van der Waals surface area contributed by atoms with Crippen LogP contribution in [0.1, 0.15) is 123 Å². The van der Waals surface area contributed by atoms with E-state index >= 15 is 0 Å². The van der Waals surface area contributed by atoms with Gasteiger partial charge in [0.1, 0.15) is 0 Å². The van der Waals surface area contributed by atoms with Crippen LogP contribution in [0, 0.1) is 0 Å². The summed E-state index contributed by atoms with van der Waals surface area (Å²) in [6, 6.07) is 39.6. The second-order valence-electron chi connectivity index (χ2n) is 17.0. The zero-order valence-corrected chi connectivity index (χ0v) is 30.4. The molecule has 0 heterocycles. The Balaban J connectivity index is 1.63. The first-order valence-electron chi connectivity index (χ1n) is 17.9. The molecule has 0 amide bonds. The Morgan fingerprint density at radius 3 is 1.64 bits per heavy atom. The van der Waals surface area contributed by atoms with Crippen molar-refractivity contribution in [2.75, 3.05) is 4.90 Å². The van der Waals surface area contributed by atoms with Gasteiger partial charge in [0.25, 0.3) is 0 Å². The Hall–Kier alpha value is -3.84. The average Bonchev–Trinajstić information content (AvgIpc) is 3.04. The van der Waals surface area contributed by atoms with Gasteiger partial charge in [-0.05, 0) is 104 Å². The van der Waals surface area contributed by atoms with Crippen molar-refractivity contribution in [2.45, 2.75) is 117 Å². The van der Waals surface area contributed by atoms with Gasteiger partial charge in [-0.15, -0.1) is 0 Å². The van der Waals surface area contributed by atoms with E-state index in [1.165, 1.54) is 93.3 Å². The van der Waals surface area contributed by atoms with Crippen molar-refractivity contribution in [1.82, 2.24) is 0 Å². The predicted molar refractivity (Wildman–Crippen MR) is 206 cm³/mol. The van der Waals surface area contributed by atoms with Crippen LogP contribution in [0.3, 0.4) is 0 Å². The summed E-state index contributed by atoms with van der Waals surface area (Å²) in [5.41, 5.74) is 11.9. The van der Waals surface area contributed by atoms with Crippen LogP contribution in [0.5, 0.6) is 0 Å². The molecule has 0 bridgehead atoms. The van der Waals surface area contributed by atoms with Crippen LogP contribution >= 0.6 is 0 Å². The molecule has 0 radical (unpaired) electrons. The molecule has 0 atom stereocenters. The van der Waals surface area contributed by atoms with Crippen LogP contribution < -0.4 is 4.90 Å². The number of fused-ring (bicyclic) bond motifs is 1. The number of para-hydroxylation sites is 1. The van der Waals surface area contributed by atoms with E-state index in [2.05, 4.69) is 170 Å². The average molecular weight is 622 g/mol. The molecular formula is C46H55N. The Morgan fingerprint density at radius 2 is 1.04 bits per heavy atom. The summed E-state index contributed by atoms with van der Waals surface area (Å²) < 4.78 is 0. The fraction of sp³-hybridized carbons (Fsp3) is 0.391. The molecule has 0 spiro atoms. The summed E-state index contributed by atoms with van der Waals surface area (Å²) in [6.45, 7) is 20.9. The number of nitrogens with zero attached hydrogens (tertiary/aromatic N) is 1. The molecule has 1 fully saturated rings. The quantitative estimate of drug-likeness (QED) is 0.189. The minimum absolute atomic E-state index is 0.0157. The normalized spacial score (nSPS) is 14.8. The number of anilines is 3. The monoisotopic (exact) mass is 621 g/mol. The molecule has 1 saturated carbocycles. The van der Waals surface area contributed by atoms with E-state index in [-0.39, 0.29) is 16.2 Å². The highest BCUT2D eigenvalue weighted by Crippen LogP contribution is 2.47. The van der Waals surface area contributed by atoms with Crippen LogP contribution in [0.4, 0.5) is 17.1 Å². The highest BCUT2D eigenvalue weighted by molar-refractivity contribution is 6.03. The molecule has 47 heavy (non-hydrogen) atoms. The van der Waals surface area contributed by atoms with Gasteiger partial charge < -0.3 is 4.90 Å². The maximum atomic E-state index is 2.52. The second-order valence-corrected chi connectivity index (χ2v) is 17.0. The second kappa shape index (κ2) is 12.6. The summed E-state index contributed by atoms with van der Waals surface area (Å²) in [7, 11) is 0. The summed E-state index contributed by atoms with van der Waals surface area (Å²) >= 11 is 0. The van der Waals surface area contributed by atoms with Gasteiger partial charge in [-0.2, -0.15) is 0 Å². The smallest absolute Gasteiger partial charge is 0.0540 e. The van der Waals surface area contributed by atoms with Gasteiger partial charge in [0.15, 0.2) is 0 Å². The lowest BCUT2D eigenvalue weighted by molar-refractivity contribution is 0.445. The molecular weight excluding hydrogens is 567 g/mol. The van der Waals surface area contributed by atoms with Crippen LogP contribution in [-0.2, 0) is 16.2 Å². The van der Waals surface area contributed by atoms with Crippen LogP contribution in [-0.4, -0.2) is 0 Å². The lowest BCUT2D eigenvalue weighted by Crippen LogP contribution is -2.19. The molecule has 0 aliphatic heterocycles. The Bertz CT molecular complexity index is 1810. The molecule has 1 nitrogen and oxygen atoms in total. The predicted octanol–water partition coefficient (Wildman–Crippen LogP) is 13.9. The van der Waals surface area contributed by atoms with Crippen molar-refractivity contribution in [2.24, 2.45) is 0 Å². The van der Waals surface area contributed by atoms with E-state index in [1.54, 1.807) is 0 Å². The molecule has 0 aromatic heterocycles. The van der Waals surface area contributed by atoms with Crippen molar-refractivity contribution in [3.8, 4) is 11.1 Å². The van der Waals surface area contributed by atoms with Crippen molar-refractivity contribution < 1.29 is 0 Å². The number of rotatable bonds is 5. The number of hydrogen-bond acceptors (Lipinski definition) is 1.